The smallest absolute Gasteiger partial charge is 0.321 e. The number of nitriles is 1. The number of nitrogens with zero attached hydrogens (tertiary/aromatic N) is 3. The third-order valence-electron chi connectivity index (χ3n) is 4.45. The van der Waals surface area contributed by atoms with E-state index < -0.39 is 0 Å². The van der Waals surface area contributed by atoms with E-state index in [0.29, 0.717) is 30.8 Å². The minimum atomic E-state index is -0.222. The molecule has 0 aromatic heterocycles. The Morgan fingerprint density at radius 2 is 2.11 bits per heavy atom. The summed E-state index contributed by atoms with van der Waals surface area (Å²) in [6.07, 6.45) is 0.494. The molecule has 2 aromatic rings. The summed E-state index contributed by atoms with van der Waals surface area (Å²) in [5, 5.41) is 16.0. The Labute approximate surface area is 159 Å². The van der Waals surface area contributed by atoms with Gasteiger partial charge in [-0.15, -0.1) is 0 Å². The first kappa shape index (κ1) is 18.5. The van der Waals surface area contributed by atoms with Gasteiger partial charge in [-0.05, 0) is 37.6 Å². The van der Waals surface area contributed by atoms with Crippen LogP contribution < -0.4 is 5.32 Å². The molecular weight excluding hydrogens is 340 g/mol. The van der Waals surface area contributed by atoms with Gasteiger partial charge < -0.3 is 15.1 Å². The van der Waals surface area contributed by atoms with E-state index in [2.05, 4.69) is 16.5 Å². The van der Waals surface area contributed by atoms with E-state index in [4.69, 9.17) is 10.1 Å². The van der Waals surface area contributed by atoms with Crippen LogP contribution >= 0.6 is 0 Å². The van der Waals surface area contributed by atoms with Crippen LogP contribution in [0.1, 0.15) is 30.0 Å². The standard InChI is InChI=1S/C21H22N4O2/c1-3-25(21(26)23-18-6-4-5-16(11-18)13-22)14-19-12-20(24-27-19)17-9-7-15(2)8-10-17/h4-11,19H,3,12,14H2,1-2H3,(H,23,26)/t19-/m1/s1. The second-order valence-electron chi connectivity index (χ2n) is 6.50. The molecule has 27 heavy (non-hydrogen) atoms. The van der Waals surface area contributed by atoms with Crippen molar-refractivity contribution in [3.63, 3.8) is 0 Å². The van der Waals surface area contributed by atoms with Gasteiger partial charge in [0.2, 0.25) is 0 Å². The van der Waals surface area contributed by atoms with Gasteiger partial charge in [-0.1, -0.05) is 41.1 Å². The average molecular weight is 362 g/mol. The summed E-state index contributed by atoms with van der Waals surface area (Å²) in [4.78, 5) is 19.8. The molecule has 0 fully saturated rings. The molecular formula is C21H22N4O2. The van der Waals surface area contributed by atoms with Gasteiger partial charge in [0.05, 0.1) is 23.9 Å². The van der Waals surface area contributed by atoms with E-state index in [1.54, 1.807) is 29.2 Å². The van der Waals surface area contributed by atoms with Crippen molar-refractivity contribution in [3.05, 3.63) is 65.2 Å². The van der Waals surface area contributed by atoms with Crippen molar-refractivity contribution >= 4 is 17.4 Å². The van der Waals surface area contributed by atoms with Gasteiger partial charge >= 0.3 is 6.03 Å². The maximum Gasteiger partial charge on any atom is 0.321 e. The van der Waals surface area contributed by atoms with E-state index in [0.717, 1.165) is 11.3 Å². The summed E-state index contributed by atoms with van der Waals surface area (Å²) < 4.78 is 0. The van der Waals surface area contributed by atoms with Gasteiger partial charge in [0, 0.05) is 18.7 Å². The minimum absolute atomic E-state index is 0.169. The largest absolute Gasteiger partial charge is 0.390 e. The predicted octanol–water partition coefficient (Wildman–Crippen LogP) is 3.91. The van der Waals surface area contributed by atoms with Crippen molar-refractivity contribution in [2.45, 2.75) is 26.4 Å². The maximum atomic E-state index is 12.6. The number of nitrogens with one attached hydrogen (secondary N) is 1. The zero-order chi connectivity index (χ0) is 19.2. The van der Waals surface area contributed by atoms with Gasteiger partial charge in [-0.25, -0.2) is 4.79 Å². The fraction of sp³-hybridized carbons (Fsp3) is 0.286. The highest BCUT2D eigenvalue weighted by Crippen LogP contribution is 2.19. The molecule has 2 aromatic carbocycles. The molecule has 0 bridgehead atoms. The van der Waals surface area contributed by atoms with Gasteiger partial charge in [0.15, 0.2) is 6.10 Å². The molecule has 6 heteroatoms. The third kappa shape index (κ3) is 4.64. The molecule has 1 atom stereocenters. The number of oxime groups is 1. The van der Waals surface area contributed by atoms with Crippen molar-refractivity contribution in [1.82, 2.24) is 4.90 Å². The first-order valence-electron chi connectivity index (χ1n) is 8.95. The van der Waals surface area contributed by atoms with Crippen LogP contribution in [0, 0.1) is 18.3 Å². The number of carbonyl (C=O) groups is 1. The van der Waals surface area contributed by atoms with Crippen LogP contribution in [0.4, 0.5) is 10.5 Å². The molecule has 1 N–H and O–H groups in total. The molecule has 1 aliphatic rings. The van der Waals surface area contributed by atoms with Crippen LogP contribution in [0.2, 0.25) is 0 Å². The van der Waals surface area contributed by atoms with Gasteiger partial charge in [-0.3, -0.25) is 0 Å². The van der Waals surface area contributed by atoms with Crippen molar-refractivity contribution in [3.8, 4) is 6.07 Å². The summed E-state index contributed by atoms with van der Waals surface area (Å²) in [6.45, 7) is 4.95. The molecule has 0 spiro atoms. The fourth-order valence-electron chi connectivity index (χ4n) is 2.91. The monoisotopic (exact) mass is 362 g/mol. The predicted molar refractivity (Wildman–Crippen MR) is 105 cm³/mol. The quantitative estimate of drug-likeness (QED) is 0.876. The lowest BCUT2D eigenvalue weighted by Gasteiger charge is -2.23. The lowest BCUT2D eigenvalue weighted by molar-refractivity contribution is 0.0633. The lowest BCUT2D eigenvalue weighted by Crippen LogP contribution is -2.40. The topological polar surface area (TPSA) is 77.7 Å². The van der Waals surface area contributed by atoms with Crippen molar-refractivity contribution in [2.24, 2.45) is 5.16 Å². The number of likely N-dealkylation sites (N-methyl/N-ethyl adjacent to an activating group) is 1. The number of anilines is 1. The van der Waals surface area contributed by atoms with Gasteiger partial charge in [-0.2, -0.15) is 5.26 Å². The number of carbonyl (C=O) groups excluding carboxylic acids is 1. The first-order valence-corrected chi connectivity index (χ1v) is 8.95. The number of hydrogen-bond acceptors (Lipinski definition) is 4. The molecule has 0 aliphatic carbocycles. The molecule has 3 rings (SSSR count). The van der Waals surface area contributed by atoms with E-state index in [9.17, 15) is 4.79 Å². The summed E-state index contributed by atoms with van der Waals surface area (Å²) >= 11 is 0. The van der Waals surface area contributed by atoms with Gasteiger partial charge in [0.25, 0.3) is 0 Å². The Morgan fingerprint density at radius 3 is 2.81 bits per heavy atom. The van der Waals surface area contributed by atoms with Crippen molar-refractivity contribution in [1.29, 1.82) is 5.26 Å². The van der Waals surface area contributed by atoms with Crippen LogP contribution in [0.15, 0.2) is 53.7 Å². The zero-order valence-corrected chi connectivity index (χ0v) is 15.5. The zero-order valence-electron chi connectivity index (χ0n) is 15.5. The Balaban J connectivity index is 1.58. The van der Waals surface area contributed by atoms with E-state index in [1.165, 1.54) is 5.56 Å². The third-order valence-corrected chi connectivity index (χ3v) is 4.45. The first-order chi connectivity index (χ1) is 13.1. The Kier molecular flexibility index (Phi) is 5.72. The molecule has 0 saturated carbocycles. The number of benzene rings is 2. The summed E-state index contributed by atoms with van der Waals surface area (Å²) in [7, 11) is 0. The SMILES string of the molecule is CCN(C[C@H]1CC(c2ccc(C)cc2)=NO1)C(=O)Nc1cccc(C#N)c1. The highest BCUT2D eigenvalue weighted by molar-refractivity contribution is 6.01. The highest BCUT2D eigenvalue weighted by atomic mass is 16.6. The average Bonchev–Trinajstić information content (AvgIpc) is 3.15. The van der Waals surface area contributed by atoms with Crippen molar-refractivity contribution < 1.29 is 9.63 Å². The van der Waals surface area contributed by atoms with E-state index in [-0.39, 0.29) is 12.1 Å². The van der Waals surface area contributed by atoms with Crippen molar-refractivity contribution in [2.75, 3.05) is 18.4 Å². The highest BCUT2D eigenvalue weighted by Gasteiger charge is 2.26. The van der Waals surface area contributed by atoms with Gasteiger partial charge in [0.1, 0.15) is 0 Å². The summed E-state index contributed by atoms with van der Waals surface area (Å²) in [6, 6.07) is 16.9. The lowest BCUT2D eigenvalue weighted by atomic mass is 10.0. The fourth-order valence-corrected chi connectivity index (χ4v) is 2.91. The minimum Gasteiger partial charge on any atom is -0.390 e. The number of amides is 2. The van der Waals surface area contributed by atoms with Crippen LogP contribution in [0.5, 0.6) is 0 Å². The Morgan fingerprint density at radius 1 is 1.33 bits per heavy atom. The van der Waals surface area contributed by atoms with Crippen LogP contribution in [0.25, 0.3) is 0 Å². The molecule has 6 nitrogen and oxygen atoms in total. The van der Waals surface area contributed by atoms with Crippen LogP contribution in [-0.2, 0) is 4.84 Å². The normalized spacial score (nSPS) is 15.4. The Bertz CT molecular complexity index is 884. The molecule has 0 radical (unpaired) electrons. The molecule has 1 aliphatic heterocycles. The molecule has 1 heterocycles. The molecule has 0 saturated heterocycles. The maximum absolute atomic E-state index is 12.6. The Hall–Kier alpha value is -3.33. The second kappa shape index (κ2) is 8.37. The summed E-state index contributed by atoms with van der Waals surface area (Å²) in [5.74, 6) is 0. The number of hydrogen-bond donors (Lipinski definition) is 1. The van der Waals surface area contributed by atoms with E-state index in [1.807, 2.05) is 38.1 Å². The second-order valence-corrected chi connectivity index (χ2v) is 6.50. The molecule has 138 valence electrons. The number of rotatable bonds is 5. The molecule has 0 unspecified atom stereocenters. The molecule has 2 amide bonds. The van der Waals surface area contributed by atoms with Crippen LogP contribution in [-0.4, -0.2) is 35.8 Å². The number of aryl methyl sites for hydroxylation is 1. The summed E-state index contributed by atoms with van der Waals surface area (Å²) in [5.41, 5.74) is 4.25. The number of urea groups is 1. The van der Waals surface area contributed by atoms with E-state index >= 15 is 0 Å². The van der Waals surface area contributed by atoms with Crippen LogP contribution in [0.3, 0.4) is 0 Å².